The first kappa shape index (κ1) is 16.5. The fourth-order valence-electron chi connectivity index (χ4n) is 2.01. The molecule has 6 heteroatoms. The second kappa shape index (κ2) is 7.93. The summed E-state index contributed by atoms with van der Waals surface area (Å²) < 4.78 is 18.1. The van der Waals surface area contributed by atoms with Crippen molar-refractivity contribution in [3.05, 3.63) is 59.9 Å². The van der Waals surface area contributed by atoms with Crippen molar-refractivity contribution in [2.24, 2.45) is 0 Å². The summed E-state index contributed by atoms with van der Waals surface area (Å²) in [7, 11) is 1.31. The van der Waals surface area contributed by atoms with E-state index < -0.39 is 11.8 Å². The van der Waals surface area contributed by atoms with E-state index >= 15 is 0 Å². The average molecular weight is 316 g/mol. The highest BCUT2D eigenvalue weighted by Crippen LogP contribution is 2.16. The van der Waals surface area contributed by atoms with Crippen LogP contribution in [0.5, 0.6) is 0 Å². The van der Waals surface area contributed by atoms with Gasteiger partial charge in [-0.05, 0) is 24.3 Å². The van der Waals surface area contributed by atoms with Gasteiger partial charge in [-0.25, -0.2) is 9.18 Å². The summed E-state index contributed by atoms with van der Waals surface area (Å²) in [6.45, 7) is 0.300. The minimum absolute atomic E-state index is 0.129. The van der Waals surface area contributed by atoms with Crippen molar-refractivity contribution >= 4 is 23.3 Å². The van der Waals surface area contributed by atoms with Gasteiger partial charge in [-0.15, -0.1) is 0 Å². The summed E-state index contributed by atoms with van der Waals surface area (Å²) in [5, 5.41) is 5.50. The molecule has 0 bridgehead atoms. The highest BCUT2D eigenvalue weighted by molar-refractivity contribution is 5.95. The Morgan fingerprint density at radius 3 is 2.39 bits per heavy atom. The Morgan fingerprint density at radius 2 is 1.70 bits per heavy atom. The van der Waals surface area contributed by atoms with E-state index in [1.165, 1.54) is 19.2 Å². The maximum atomic E-state index is 13.4. The fourth-order valence-corrected chi connectivity index (χ4v) is 2.01. The summed E-state index contributed by atoms with van der Waals surface area (Å²) in [5.74, 6) is -1.26. The molecule has 0 aromatic heterocycles. The van der Waals surface area contributed by atoms with E-state index in [2.05, 4.69) is 10.6 Å². The minimum atomic E-state index is -0.482. The zero-order valence-electron chi connectivity index (χ0n) is 12.6. The number of carbonyl (C=O) groups is 2. The molecule has 0 aliphatic heterocycles. The Hall–Kier alpha value is -2.89. The Morgan fingerprint density at radius 1 is 1.04 bits per heavy atom. The smallest absolute Gasteiger partial charge is 0.339 e. The monoisotopic (exact) mass is 316 g/mol. The molecule has 2 rings (SSSR count). The molecule has 0 saturated heterocycles. The van der Waals surface area contributed by atoms with Gasteiger partial charge in [0, 0.05) is 18.7 Å². The Kier molecular flexibility index (Phi) is 5.68. The normalized spacial score (nSPS) is 10.0. The van der Waals surface area contributed by atoms with Crippen LogP contribution in [-0.4, -0.2) is 25.5 Å². The number of nitrogens with one attached hydrogen (secondary N) is 2. The van der Waals surface area contributed by atoms with Gasteiger partial charge in [-0.3, -0.25) is 4.79 Å². The molecule has 0 saturated carbocycles. The molecule has 0 aliphatic rings. The summed E-state index contributed by atoms with van der Waals surface area (Å²) in [5.41, 5.74) is 1.12. The lowest BCUT2D eigenvalue weighted by atomic mass is 10.1. The number of carbonyl (C=O) groups excluding carboxylic acids is 2. The molecule has 2 aromatic rings. The third kappa shape index (κ3) is 4.54. The highest BCUT2D eigenvalue weighted by atomic mass is 19.1. The Balaban J connectivity index is 1.89. The van der Waals surface area contributed by atoms with Crippen molar-refractivity contribution in [1.82, 2.24) is 0 Å². The second-order valence-corrected chi connectivity index (χ2v) is 4.74. The predicted octanol–water partition coefficient (Wildman–Crippen LogP) is 3.05. The molecule has 2 aromatic carbocycles. The van der Waals surface area contributed by atoms with Gasteiger partial charge in [0.15, 0.2) is 0 Å². The van der Waals surface area contributed by atoms with E-state index in [0.29, 0.717) is 17.8 Å². The number of amides is 1. The standard InChI is InChI=1S/C17H17FN2O3/c1-23-17(22)12-6-2-4-8-14(12)19-11-10-16(21)20-15-9-5-3-7-13(15)18/h2-9,19H,10-11H2,1H3,(H,20,21). The Labute approximate surface area is 133 Å². The third-order valence-electron chi connectivity index (χ3n) is 3.15. The SMILES string of the molecule is COC(=O)c1ccccc1NCCC(=O)Nc1ccccc1F. The molecule has 0 atom stereocenters. The summed E-state index contributed by atoms with van der Waals surface area (Å²) in [6.07, 6.45) is 0.129. The number of esters is 1. The zero-order chi connectivity index (χ0) is 16.7. The van der Waals surface area contributed by atoms with Crippen LogP contribution in [0, 0.1) is 5.82 Å². The van der Waals surface area contributed by atoms with Crippen molar-refractivity contribution in [2.45, 2.75) is 6.42 Å². The van der Waals surface area contributed by atoms with Gasteiger partial charge >= 0.3 is 5.97 Å². The van der Waals surface area contributed by atoms with Crippen molar-refractivity contribution in [1.29, 1.82) is 0 Å². The molecule has 120 valence electrons. The number of methoxy groups -OCH3 is 1. The van der Waals surface area contributed by atoms with Crippen molar-refractivity contribution < 1.29 is 18.7 Å². The molecule has 5 nitrogen and oxygen atoms in total. The third-order valence-corrected chi connectivity index (χ3v) is 3.15. The van der Waals surface area contributed by atoms with Gasteiger partial charge in [0.1, 0.15) is 5.82 Å². The van der Waals surface area contributed by atoms with Gasteiger partial charge < -0.3 is 15.4 Å². The van der Waals surface area contributed by atoms with Gasteiger partial charge in [0.05, 0.1) is 18.4 Å². The first-order chi connectivity index (χ1) is 11.1. The number of benzene rings is 2. The molecule has 0 radical (unpaired) electrons. The molecule has 0 unspecified atom stereocenters. The minimum Gasteiger partial charge on any atom is -0.465 e. The lowest BCUT2D eigenvalue weighted by molar-refractivity contribution is -0.116. The van der Waals surface area contributed by atoms with Crippen LogP contribution in [0.4, 0.5) is 15.8 Å². The number of hydrogen-bond acceptors (Lipinski definition) is 4. The number of halogens is 1. The van der Waals surface area contributed by atoms with Crippen molar-refractivity contribution in [3.8, 4) is 0 Å². The van der Waals surface area contributed by atoms with Crippen LogP contribution >= 0.6 is 0 Å². The molecule has 1 amide bonds. The number of rotatable bonds is 6. The molecule has 2 N–H and O–H groups in total. The summed E-state index contributed by atoms with van der Waals surface area (Å²) in [4.78, 5) is 23.4. The first-order valence-electron chi connectivity index (χ1n) is 7.07. The van der Waals surface area contributed by atoms with Crippen LogP contribution in [0.1, 0.15) is 16.8 Å². The van der Waals surface area contributed by atoms with Crippen LogP contribution in [0.25, 0.3) is 0 Å². The quantitative estimate of drug-likeness (QED) is 0.804. The van der Waals surface area contributed by atoms with E-state index in [-0.39, 0.29) is 18.0 Å². The fraction of sp³-hybridized carbons (Fsp3) is 0.176. The van der Waals surface area contributed by atoms with Crippen LogP contribution in [0.2, 0.25) is 0 Å². The largest absolute Gasteiger partial charge is 0.465 e. The lowest BCUT2D eigenvalue weighted by Crippen LogP contribution is -2.17. The van der Waals surface area contributed by atoms with Crippen LogP contribution < -0.4 is 10.6 Å². The molecule has 0 heterocycles. The van der Waals surface area contributed by atoms with Crippen molar-refractivity contribution in [3.63, 3.8) is 0 Å². The van der Waals surface area contributed by atoms with E-state index in [4.69, 9.17) is 4.74 Å². The van der Waals surface area contributed by atoms with Gasteiger partial charge in [-0.2, -0.15) is 0 Å². The van der Waals surface area contributed by atoms with Gasteiger partial charge in [-0.1, -0.05) is 24.3 Å². The second-order valence-electron chi connectivity index (χ2n) is 4.74. The van der Waals surface area contributed by atoms with Gasteiger partial charge in [0.2, 0.25) is 5.91 Å². The maximum Gasteiger partial charge on any atom is 0.339 e. The van der Waals surface area contributed by atoms with E-state index in [0.717, 1.165) is 0 Å². The maximum absolute atomic E-state index is 13.4. The molecular weight excluding hydrogens is 299 g/mol. The number of ether oxygens (including phenoxy) is 1. The Bertz CT molecular complexity index is 704. The average Bonchev–Trinajstić information content (AvgIpc) is 2.57. The van der Waals surface area contributed by atoms with Crippen LogP contribution in [-0.2, 0) is 9.53 Å². The van der Waals surface area contributed by atoms with E-state index in [1.54, 1.807) is 36.4 Å². The molecule has 23 heavy (non-hydrogen) atoms. The summed E-state index contributed by atoms with van der Waals surface area (Å²) >= 11 is 0. The lowest BCUT2D eigenvalue weighted by Gasteiger charge is -2.11. The zero-order valence-corrected chi connectivity index (χ0v) is 12.6. The van der Waals surface area contributed by atoms with E-state index in [9.17, 15) is 14.0 Å². The number of anilines is 2. The van der Waals surface area contributed by atoms with Crippen LogP contribution in [0.3, 0.4) is 0 Å². The first-order valence-corrected chi connectivity index (χ1v) is 7.07. The number of hydrogen-bond donors (Lipinski definition) is 2. The molecule has 0 fully saturated rings. The summed E-state index contributed by atoms with van der Waals surface area (Å²) in [6, 6.07) is 12.8. The topological polar surface area (TPSA) is 67.4 Å². The van der Waals surface area contributed by atoms with E-state index in [1.807, 2.05) is 0 Å². The molecule has 0 spiro atoms. The molecule has 0 aliphatic carbocycles. The van der Waals surface area contributed by atoms with Crippen molar-refractivity contribution in [2.75, 3.05) is 24.3 Å². The van der Waals surface area contributed by atoms with Gasteiger partial charge in [0.25, 0.3) is 0 Å². The van der Waals surface area contributed by atoms with Crippen LogP contribution in [0.15, 0.2) is 48.5 Å². The molecular formula is C17H17FN2O3. The predicted molar refractivity (Wildman–Crippen MR) is 85.9 cm³/mol. The highest BCUT2D eigenvalue weighted by Gasteiger charge is 2.11. The number of para-hydroxylation sites is 2.